The molecule has 5 nitrogen and oxygen atoms in total. The summed E-state index contributed by atoms with van der Waals surface area (Å²) in [5.74, 6) is -1.03. The van der Waals surface area contributed by atoms with E-state index in [0.29, 0.717) is 19.3 Å². The fourth-order valence-electron chi connectivity index (χ4n) is 3.19. The van der Waals surface area contributed by atoms with Gasteiger partial charge in [0.2, 0.25) is 0 Å². The van der Waals surface area contributed by atoms with Gasteiger partial charge in [0.05, 0.1) is 12.2 Å². The molecule has 3 N–H and O–H groups in total. The third kappa shape index (κ3) is 7.27. The summed E-state index contributed by atoms with van der Waals surface area (Å²) in [7, 11) is 0. The number of aliphatic hydroxyl groups is 2. The second kappa shape index (κ2) is 10.6. The molecule has 0 amide bonds. The van der Waals surface area contributed by atoms with Crippen molar-refractivity contribution in [1.82, 2.24) is 0 Å². The summed E-state index contributed by atoms with van der Waals surface area (Å²) in [6.07, 6.45) is 8.12. The summed E-state index contributed by atoms with van der Waals surface area (Å²) in [6.45, 7) is 2.11. The number of hydrogen-bond donors (Lipinski definition) is 3. The van der Waals surface area contributed by atoms with Gasteiger partial charge in [0.15, 0.2) is 0 Å². The first-order valence-electron chi connectivity index (χ1n) is 8.74. The van der Waals surface area contributed by atoms with Crippen molar-refractivity contribution < 1.29 is 24.9 Å². The molecular formula is C18H30O5. The Kier molecular flexibility index (Phi) is 9.10. The minimum absolute atomic E-state index is 0.117. The van der Waals surface area contributed by atoms with E-state index >= 15 is 0 Å². The lowest BCUT2D eigenvalue weighted by Gasteiger charge is -2.18. The Labute approximate surface area is 138 Å². The standard InChI is InChI=1S/C18H30O5/c1-2-3-4-8-14-15(17(21)12-16(14)20)11-10-13(19)7-5-6-9-18(22)23/h10-11,13-15,17,19,21H,2-9,12H2,1H3,(H,22,23)/b11-10+/t13-,14-,15+,17+/m1/s1. The second-order valence-corrected chi connectivity index (χ2v) is 6.51. The molecule has 0 aromatic carbocycles. The summed E-state index contributed by atoms with van der Waals surface area (Å²) in [5.41, 5.74) is 0. The molecule has 1 saturated carbocycles. The average Bonchev–Trinajstić information content (AvgIpc) is 2.75. The number of carboxylic acids is 1. The van der Waals surface area contributed by atoms with Gasteiger partial charge in [-0.05, 0) is 25.7 Å². The number of rotatable bonds is 11. The van der Waals surface area contributed by atoms with Crippen LogP contribution in [0.1, 0.15) is 64.7 Å². The van der Waals surface area contributed by atoms with Gasteiger partial charge in [-0.15, -0.1) is 0 Å². The fraction of sp³-hybridized carbons (Fsp3) is 0.778. The molecule has 0 aromatic rings. The normalized spacial score (nSPS) is 26.0. The first-order chi connectivity index (χ1) is 11.0. The van der Waals surface area contributed by atoms with Crippen molar-refractivity contribution in [3.63, 3.8) is 0 Å². The molecule has 132 valence electrons. The fourth-order valence-corrected chi connectivity index (χ4v) is 3.19. The van der Waals surface area contributed by atoms with Crippen molar-refractivity contribution in [3.05, 3.63) is 12.2 Å². The van der Waals surface area contributed by atoms with Crippen molar-refractivity contribution >= 4 is 11.8 Å². The molecule has 1 fully saturated rings. The Bertz CT molecular complexity index is 404. The van der Waals surface area contributed by atoms with Crippen LogP contribution in [0, 0.1) is 11.8 Å². The SMILES string of the molecule is CCCCC[C@H]1C(=O)C[C@H](O)[C@H]1/C=C/[C@H](O)CCCCC(=O)O. The highest BCUT2D eigenvalue weighted by Crippen LogP contribution is 2.34. The van der Waals surface area contributed by atoms with E-state index in [4.69, 9.17) is 5.11 Å². The van der Waals surface area contributed by atoms with E-state index in [1.54, 1.807) is 12.2 Å². The predicted molar refractivity (Wildman–Crippen MR) is 88.0 cm³/mol. The topological polar surface area (TPSA) is 94.8 Å². The van der Waals surface area contributed by atoms with Gasteiger partial charge in [-0.1, -0.05) is 38.3 Å². The maximum atomic E-state index is 12.0. The van der Waals surface area contributed by atoms with E-state index in [2.05, 4.69) is 6.92 Å². The third-order valence-corrected chi connectivity index (χ3v) is 4.55. The van der Waals surface area contributed by atoms with Crippen molar-refractivity contribution in [2.45, 2.75) is 76.9 Å². The first-order valence-corrected chi connectivity index (χ1v) is 8.74. The van der Waals surface area contributed by atoms with Gasteiger partial charge in [-0.3, -0.25) is 9.59 Å². The Morgan fingerprint density at radius 2 is 2.04 bits per heavy atom. The molecule has 0 aliphatic heterocycles. The van der Waals surface area contributed by atoms with Crippen LogP contribution in [0.5, 0.6) is 0 Å². The number of Topliss-reactive ketones (excluding diaryl/α,β-unsaturated/α-hetero) is 1. The van der Waals surface area contributed by atoms with Crippen molar-refractivity contribution in [2.75, 3.05) is 0 Å². The molecule has 0 bridgehead atoms. The van der Waals surface area contributed by atoms with Crippen LogP contribution < -0.4 is 0 Å². The van der Waals surface area contributed by atoms with Crippen LogP contribution >= 0.6 is 0 Å². The zero-order chi connectivity index (χ0) is 17.2. The van der Waals surface area contributed by atoms with Gasteiger partial charge in [-0.25, -0.2) is 0 Å². The highest BCUT2D eigenvalue weighted by atomic mass is 16.4. The van der Waals surface area contributed by atoms with Crippen LogP contribution in [0.2, 0.25) is 0 Å². The summed E-state index contributed by atoms with van der Waals surface area (Å²) < 4.78 is 0. The van der Waals surface area contributed by atoms with Gasteiger partial charge in [0.1, 0.15) is 5.78 Å². The number of aliphatic carboxylic acids is 1. The first kappa shape index (κ1) is 19.8. The Morgan fingerprint density at radius 1 is 1.30 bits per heavy atom. The van der Waals surface area contributed by atoms with Crippen LogP contribution in [0.15, 0.2) is 12.2 Å². The van der Waals surface area contributed by atoms with Gasteiger partial charge in [0, 0.05) is 24.7 Å². The summed E-state index contributed by atoms with van der Waals surface area (Å²) in [5, 5.41) is 28.5. The van der Waals surface area contributed by atoms with Gasteiger partial charge >= 0.3 is 5.97 Å². The summed E-state index contributed by atoms with van der Waals surface area (Å²) in [6, 6.07) is 0. The van der Waals surface area contributed by atoms with Gasteiger partial charge < -0.3 is 15.3 Å². The highest BCUT2D eigenvalue weighted by molar-refractivity contribution is 5.84. The molecule has 1 aliphatic rings. The molecule has 0 radical (unpaired) electrons. The molecule has 0 unspecified atom stereocenters. The van der Waals surface area contributed by atoms with Gasteiger partial charge in [-0.2, -0.15) is 0 Å². The molecule has 0 heterocycles. The van der Waals surface area contributed by atoms with E-state index in [9.17, 15) is 19.8 Å². The van der Waals surface area contributed by atoms with E-state index in [0.717, 1.165) is 25.7 Å². The van der Waals surface area contributed by atoms with E-state index < -0.39 is 18.2 Å². The van der Waals surface area contributed by atoms with Crippen LogP contribution in [0.4, 0.5) is 0 Å². The van der Waals surface area contributed by atoms with Crippen molar-refractivity contribution in [2.24, 2.45) is 11.8 Å². The van der Waals surface area contributed by atoms with E-state index in [-0.39, 0.29) is 30.5 Å². The van der Waals surface area contributed by atoms with Crippen LogP contribution in [-0.2, 0) is 9.59 Å². The number of unbranched alkanes of at least 4 members (excludes halogenated alkanes) is 3. The average molecular weight is 326 g/mol. The lowest BCUT2D eigenvalue weighted by atomic mass is 9.88. The second-order valence-electron chi connectivity index (χ2n) is 6.51. The molecule has 4 atom stereocenters. The predicted octanol–water partition coefficient (Wildman–Crippen LogP) is 2.69. The highest BCUT2D eigenvalue weighted by Gasteiger charge is 2.39. The zero-order valence-electron chi connectivity index (χ0n) is 14.0. The number of hydrogen-bond acceptors (Lipinski definition) is 4. The largest absolute Gasteiger partial charge is 0.481 e. The maximum Gasteiger partial charge on any atom is 0.303 e. The van der Waals surface area contributed by atoms with Crippen molar-refractivity contribution in [3.8, 4) is 0 Å². The zero-order valence-corrected chi connectivity index (χ0v) is 14.0. The van der Waals surface area contributed by atoms with E-state index in [1.807, 2.05) is 0 Å². The monoisotopic (exact) mass is 326 g/mol. The Hall–Kier alpha value is -1.20. The summed E-state index contributed by atoms with van der Waals surface area (Å²) >= 11 is 0. The lowest BCUT2D eigenvalue weighted by molar-refractivity contribution is -0.137. The van der Waals surface area contributed by atoms with Gasteiger partial charge in [0.25, 0.3) is 0 Å². The Balaban J connectivity index is 2.44. The summed E-state index contributed by atoms with van der Waals surface area (Å²) in [4.78, 5) is 22.4. The van der Waals surface area contributed by atoms with Crippen LogP contribution in [0.25, 0.3) is 0 Å². The minimum atomic E-state index is -0.822. The molecule has 5 heteroatoms. The molecule has 1 aliphatic carbocycles. The quantitative estimate of drug-likeness (QED) is 0.401. The number of carbonyl (C=O) groups excluding carboxylic acids is 1. The molecule has 0 aromatic heterocycles. The Morgan fingerprint density at radius 3 is 2.70 bits per heavy atom. The van der Waals surface area contributed by atoms with E-state index in [1.165, 1.54) is 0 Å². The number of carbonyl (C=O) groups is 2. The minimum Gasteiger partial charge on any atom is -0.481 e. The number of ketones is 1. The number of aliphatic hydroxyl groups excluding tert-OH is 2. The number of carboxylic acid groups (broad SMARTS) is 1. The van der Waals surface area contributed by atoms with Crippen LogP contribution in [0.3, 0.4) is 0 Å². The molecule has 0 saturated heterocycles. The smallest absolute Gasteiger partial charge is 0.303 e. The third-order valence-electron chi connectivity index (χ3n) is 4.55. The molecular weight excluding hydrogens is 296 g/mol. The van der Waals surface area contributed by atoms with Crippen LogP contribution in [-0.4, -0.2) is 39.3 Å². The molecule has 1 rings (SSSR count). The molecule has 23 heavy (non-hydrogen) atoms. The van der Waals surface area contributed by atoms with Crippen molar-refractivity contribution in [1.29, 1.82) is 0 Å². The lowest BCUT2D eigenvalue weighted by Crippen LogP contribution is -2.19. The maximum absolute atomic E-state index is 12.0. The molecule has 0 spiro atoms.